The van der Waals surface area contributed by atoms with Crippen LogP contribution in [-0.4, -0.2) is 25.5 Å². The first-order valence-electron chi connectivity index (χ1n) is 7.16. The van der Waals surface area contributed by atoms with Crippen LogP contribution in [0, 0.1) is 13.8 Å². The second-order valence-corrected chi connectivity index (χ2v) is 6.19. The number of amides is 1. The third kappa shape index (κ3) is 4.16. The summed E-state index contributed by atoms with van der Waals surface area (Å²) in [6, 6.07) is 1.85. The Morgan fingerprint density at radius 3 is 2.50 bits per heavy atom. The molecule has 0 saturated heterocycles. The van der Waals surface area contributed by atoms with E-state index in [0.29, 0.717) is 12.2 Å². The minimum absolute atomic E-state index is 0.0308. The maximum atomic E-state index is 12.8. The summed E-state index contributed by atoms with van der Waals surface area (Å²) in [7, 11) is 1.78. The SMILES string of the molecule is Cc1cc(CNC(=O)CCn2nc(C(F)(F)F)c(Br)c2C)n(C)n1. The van der Waals surface area contributed by atoms with E-state index in [1.165, 1.54) is 11.6 Å². The molecule has 6 nitrogen and oxygen atoms in total. The van der Waals surface area contributed by atoms with Crippen LogP contribution < -0.4 is 5.32 Å². The molecule has 0 saturated carbocycles. The van der Waals surface area contributed by atoms with Crippen LogP contribution in [0.2, 0.25) is 0 Å². The normalized spacial score (nSPS) is 11.8. The predicted octanol–water partition coefficient (Wildman–Crippen LogP) is 2.72. The van der Waals surface area contributed by atoms with E-state index in [4.69, 9.17) is 0 Å². The first-order valence-corrected chi connectivity index (χ1v) is 7.95. The molecule has 1 amide bonds. The van der Waals surface area contributed by atoms with Gasteiger partial charge >= 0.3 is 6.18 Å². The molecule has 0 aliphatic carbocycles. The number of nitrogens with one attached hydrogen (secondary N) is 1. The fourth-order valence-electron chi connectivity index (χ4n) is 2.24. The van der Waals surface area contributed by atoms with Crippen LogP contribution in [0.15, 0.2) is 10.5 Å². The first kappa shape index (κ1) is 18.5. The Morgan fingerprint density at radius 2 is 2.00 bits per heavy atom. The molecule has 0 aliphatic heterocycles. The molecule has 0 aliphatic rings. The number of aryl methyl sites for hydroxylation is 3. The van der Waals surface area contributed by atoms with Crippen LogP contribution in [0.3, 0.4) is 0 Å². The van der Waals surface area contributed by atoms with E-state index in [1.54, 1.807) is 11.7 Å². The van der Waals surface area contributed by atoms with Gasteiger partial charge in [0.25, 0.3) is 0 Å². The molecule has 24 heavy (non-hydrogen) atoms. The largest absolute Gasteiger partial charge is 0.436 e. The molecule has 2 aromatic heterocycles. The number of nitrogens with zero attached hydrogens (tertiary/aromatic N) is 4. The zero-order valence-corrected chi connectivity index (χ0v) is 15.0. The van der Waals surface area contributed by atoms with Gasteiger partial charge in [0, 0.05) is 13.5 Å². The summed E-state index contributed by atoms with van der Waals surface area (Å²) < 4.78 is 41.1. The Kier molecular flexibility index (Phi) is 5.36. The van der Waals surface area contributed by atoms with Gasteiger partial charge in [-0.15, -0.1) is 0 Å². The van der Waals surface area contributed by atoms with E-state index in [0.717, 1.165) is 11.4 Å². The molecule has 1 N–H and O–H groups in total. The average molecular weight is 408 g/mol. The summed E-state index contributed by atoms with van der Waals surface area (Å²) >= 11 is 2.90. The summed E-state index contributed by atoms with van der Waals surface area (Å²) in [5.74, 6) is -0.270. The number of aromatic nitrogens is 4. The van der Waals surface area contributed by atoms with Crippen LogP contribution >= 0.6 is 15.9 Å². The maximum absolute atomic E-state index is 12.8. The van der Waals surface area contributed by atoms with Gasteiger partial charge in [-0.25, -0.2) is 0 Å². The van der Waals surface area contributed by atoms with E-state index in [2.05, 4.69) is 31.4 Å². The Bertz CT molecular complexity index is 750. The van der Waals surface area contributed by atoms with E-state index in [9.17, 15) is 18.0 Å². The maximum Gasteiger partial charge on any atom is 0.436 e. The molecular weight excluding hydrogens is 391 g/mol. The quantitative estimate of drug-likeness (QED) is 0.828. The van der Waals surface area contributed by atoms with Gasteiger partial charge in [0.15, 0.2) is 5.69 Å². The number of carbonyl (C=O) groups is 1. The Morgan fingerprint density at radius 1 is 1.33 bits per heavy atom. The summed E-state index contributed by atoms with van der Waals surface area (Å²) in [5, 5.41) is 10.4. The molecule has 2 aromatic rings. The molecule has 2 rings (SSSR count). The highest BCUT2D eigenvalue weighted by molar-refractivity contribution is 9.10. The number of hydrogen-bond donors (Lipinski definition) is 1. The lowest BCUT2D eigenvalue weighted by molar-refractivity contribution is -0.142. The van der Waals surface area contributed by atoms with E-state index in [1.807, 2.05) is 13.0 Å². The van der Waals surface area contributed by atoms with E-state index >= 15 is 0 Å². The molecule has 0 unspecified atom stereocenters. The smallest absolute Gasteiger partial charge is 0.350 e. The molecular formula is C14H17BrF3N5O. The topological polar surface area (TPSA) is 64.7 Å². The van der Waals surface area contributed by atoms with Gasteiger partial charge in [0.05, 0.1) is 34.6 Å². The van der Waals surface area contributed by atoms with Gasteiger partial charge in [0.1, 0.15) is 0 Å². The van der Waals surface area contributed by atoms with Gasteiger partial charge in [-0.05, 0) is 35.8 Å². The number of hydrogen-bond acceptors (Lipinski definition) is 3. The van der Waals surface area contributed by atoms with Crippen molar-refractivity contribution in [3.8, 4) is 0 Å². The minimum atomic E-state index is -4.53. The molecule has 0 spiro atoms. The van der Waals surface area contributed by atoms with Crippen LogP contribution in [0.25, 0.3) is 0 Å². The Balaban J connectivity index is 1.93. The molecule has 0 bridgehead atoms. The number of alkyl halides is 3. The standard InChI is InChI=1S/C14H17BrF3N5O/c1-8-6-10(22(3)20-8)7-19-11(24)4-5-23-9(2)12(15)13(21-23)14(16,17)18/h6H,4-5,7H2,1-3H3,(H,19,24). The lowest BCUT2D eigenvalue weighted by Gasteiger charge is -2.07. The Hall–Kier alpha value is -1.84. The monoisotopic (exact) mass is 407 g/mol. The Labute approximate surface area is 145 Å². The summed E-state index contributed by atoms with van der Waals surface area (Å²) in [6.07, 6.45) is -4.50. The van der Waals surface area contributed by atoms with Gasteiger partial charge in [0.2, 0.25) is 5.91 Å². The van der Waals surface area contributed by atoms with Crippen molar-refractivity contribution in [1.29, 1.82) is 0 Å². The number of rotatable bonds is 5. The molecule has 10 heteroatoms. The molecule has 0 fully saturated rings. The number of halogens is 4. The average Bonchev–Trinajstić information content (AvgIpc) is 2.94. The van der Waals surface area contributed by atoms with Gasteiger partial charge < -0.3 is 5.32 Å². The molecule has 0 atom stereocenters. The fraction of sp³-hybridized carbons (Fsp3) is 0.500. The highest BCUT2D eigenvalue weighted by atomic mass is 79.9. The molecule has 0 radical (unpaired) electrons. The fourth-order valence-corrected chi connectivity index (χ4v) is 2.75. The van der Waals surface area contributed by atoms with Crippen LogP contribution in [0.5, 0.6) is 0 Å². The highest BCUT2D eigenvalue weighted by Crippen LogP contribution is 2.35. The van der Waals surface area contributed by atoms with Crippen LogP contribution in [0.1, 0.15) is 29.2 Å². The summed E-state index contributed by atoms with van der Waals surface area (Å²) in [4.78, 5) is 11.9. The first-order chi connectivity index (χ1) is 11.1. The van der Waals surface area contributed by atoms with Gasteiger partial charge in [-0.1, -0.05) is 0 Å². The third-order valence-corrected chi connectivity index (χ3v) is 4.47. The number of carbonyl (C=O) groups excluding carboxylic acids is 1. The zero-order valence-electron chi connectivity index (χ0n) is 13.4. The summed E-state index contributed by atoms with van der Waals surface area (Å²) in [5.41, 5.74) is 1.04. The van der Waals surface area contributed by atoms with Crippen molar-refractivity contribution in [1.82, 2.24) is 24.9 Å². The second-order valence-electron chi connectivity index (χ2n) is 5.40. The minimum Gasteiger partial charge on any atom is -0.350 e. The van der Waals surface area contributed by atoms with E-state index in [-0.39, 0.29) is 23.3 Å². The van der Waals surface area contributed by atoms with Crippen molar-refractivity contribution in [2.24, 2.45) is 7.05 Å². The van der Waals surface area contributed by atoms with Crippen molar-refractivity contribution >= 4 is 21.8 Å². The highest BCUT2D eigenvalue weighted by Gasteiger charge is 2.37. The third-order valence-electron chi connectivity index (χ3n) is 3.52. The van der Waals surface area contributed by atoms with Gasteiger partial charge in [-0.2, -0.15) is 23.4 Å². The van der Waals surface area contributed by atoms with Crippen molar-refractivity contribution in [3.05, 3.63) is 33.3 Å². The second kappa shape index (κ2) is 6.96. The van der Waals surface area contributed by atoms with Crippen molar-refractivity contribution in [2.45, 2.75) is 39.5 Å². The van der Waals surface area contributed by atoms with Gasteiger partial charge in [-0.3, -0.25) is 14.2 Å². The zero-order chi connectivity index (χ0) is 18.1. The van der Waals surface area contributed by atoms with Crippen LogP contribution in [0.4, 0.5) is 13.2 Å². The lowest BCUT2D eigenvalue weighted by atomic mass is 10.3. The van der Waals surface area contributed by atoms with Crippen molar-refractivity contribution < 1.29 is 18.0 Å². The van der Waals surface area contributed by atoms with Crippen molar-refractivity contribution in [2.75, 3.05) is 0 Å². The molecule has 132 valence electrons. The molecule has 0 aromatic carbocycles. The van der Waals surface area contributed by atoms with E-state index < -0.39 is 11.9 Å². The van der Waals surface area contributed by atoms with Crippen LogP contribution in [-0.2, 0) is 31.1 Å². The predicted molar refractivity (Wildman–Crippen MR) is 84.1 cm³/mol. The van der Waals surface area contributed by atoms with Crippen molar-refractivity contribution in [3.63, 3.8) is 0 Å². The summed E-state index contributed by atoms with van der Waals surface area (Å²) in [6.45, 7) is 3.74. The molecule has 2 heterocycles. The lowest BCUT2D eigenvalue weighted by Crippen LogP contribution is -2.25.